The number of nitrogens with zero attached hydrogens (tertiary/aromatic N) is 1. The van der Waals surface area contributed by atoms with Crippen LogP contribution in [0.1, 0.15) is 29.6 Å². The van der Waals surface area contributed by atoms with Crippen LogP contribution in [-0.4, -0.2) is 35.1 Å². The standard InChI is InChI=1S/C13H16BrNO2/c14-11-6-4-10(5-7-11)13(17)15-8-2-1-3-12(15)9-16/h4-7,12,16H,1-3,8-9H2. The van der Waals surface area contributed by atoms with Gasteiger partial charge in [0, 0.05) is 16.6 Å². The van der Waals surface area contributed by atoms with Crippen molar-refractivity contribution in [1.82, 2.24) is 4.90 Å². The molecule has 1 fully saturated rings. The largest absolute Gasteiger partial charge is 0.394 e. The number of aliphatic hydroxyl groups excluding tert-OH is 1. The van der Waals surface area contributed by atoms with Crippen molar-refractivity contribution in [3.63, 3.8) is 0 Å². The maximum absolute atomic E-state index is 12.3. The minimum absolute atomic E-state index is 0.0140. The topological polar surface area (TPSA) is 40.5 Å². The van der Waals surface area contributed by atoms with E-state index in [1.54, 1.807) is 4.90 Å². The molecule has 17 heavy (non-hydrogen) atoms. The Balaban J connectivity index is 2.15. The molecule has 2 rings (SSSR count). The molecule has 1 aromatic rings. The van der Waals surface area contributed by atoms with Crippen LogP contribution in [0.4, 0.5) is 0 Å². The number of carbonyl (C=O) groups excluding carboxylic acids is 1. The van der Waals surface area contributed by atoms with Crippen LogP contribution >= 0.6 is 15.9 Å². The summed E-state index contributed by atoms with van der Waals surface area (Å²) in [7, 11) is 0. The zero-order chi connectivity index (χ0) is 12.3. The maximum atomic E-state index is 12.3. The van der Waals surface area contributed by atoms with Gasteiger partial charge in [0.1, 0.15) is 0 Å². The van der Waals surface area contributed by atoms with Gasteiger partial charge >= 0.3 is 0 Å². The molecule has 3 nitrogen and oxygen atoms in total. The Bertz CT molecular complexity index is 391. The number of amides is 1. The number of rotatable bonds is 2. The Hall–Kier alpha value is -0.870. The second-order valence-electron chi connectivity index (χ2n) is 4.34. The quantitative estimate of drug-likeness (QED) is 0.911. The molecule has 1 unspecified atom stereocenters. The maximum Gasteiger partial charge on any atom is 0.254 e. The Morgan fingerprint density at radius 3 is 2.71 bits per heavy atom. The first kappa shape index (κ1) is 12.6. The second kappa shape index (κ2) is 5.65. The monoisotopic (exact) mass is 297 g/mol. The molecule has 0 aromatic heterocycles. The molecule has 0 radical (unpaired) electrons. The molecule has 1 aromatic carbocycles. The number of likely N-dealkylation sites (tertiary alicyclic amines) is 1. The van der Waals surface area contributed by atoms with E-state index in [4.69, 9.17) is 0 Å². The van der Waals surface area contributed by atoms with Crippen molar-refractivity contribution in [3.05, 3.63) is 34.3 Å². The number of benzene rings is 1. The van der Waals surface area contributed by atoms with Crippen LogP contribution in [-0.2, 0) is 0 Å². The lowest BCUT2D eigenvalue weighted by molar-refractivity contribution is 0.0503. The first-order valence-corrected chi connectivity index (χ1v) is 6.69. The summed E-state index contributed by atoms with van der Waals surface area (Å²) in [6, 6.07) is 7.35. The molecule has 1 amide bonds. The highest BCUT2D eigenvalue weighted by molar-refractivity contribution is 9.10. The molecule has 4 heteroatoms. The van der Waals surface area contributed by atoms with Gasteiger partial charge in [0.15, 0.2) is 0 Å². The smallest absolute Gasteiger partial charge is 0.254 e. The predicted octanol–water partition coefficient (Wildman–Crippen LogP) is 2.44. The molecule has 0 bridgehead atoms. The Kier molecular flexibility index (Phi) is 4.18. The van der Waals surface area contributed by atoms with Gasteiger partial charge in [0.2, 0.25) is 0 Å². The van der Waals surface area contributed by atoms with Gasteiger partial charge in [-0.25, -0.2) is 0 Å². The number of aliphatic hydroxyl groups is 1. The first-order valence-electron chi connectivity index (χ1n) is 5.90. The molecule has 1 aliphatic rings. The molecule has 0 aliphatic carbocycles. The fraction of sp³-hybridized carbons (Fsp3) is 0.462. The van der Waals surface area contributed by atoms with E-state index in [0.29, 0.717) is 5.56 Å². The number of halogens is 1. The number of hydrogen-bond donors (Lipinski definition) is 1. The Morgan fingerprint density at radius 1 is 1.35 bits per heavy atom. The lowest BCUT2D eigenvalue weighted by Gasteiger charge is -2.34. The molecular formula is C13H16BrNO2. The van der Waals surface area contributed by atoms with Crippen molar-refractivity contribution < 1.29 is 9.90 Å². The zero-order valence-corrected chi connectivity index (χ0v) is 11.2. The summed E-state index contributed by atoms with van der Waals surface area (Å²) in [6.45, 7) is 0.808. The molecule has 1 N–H and O–H groups in total. The van der Waals surface area contributed by atoms with Crippen molar-refractivity contribution in [3.8, 4) is 0 Å². The number of hydrogen-bond acceptors (Lipinski definition) is 2. The Morgan fingerprint density at radius 2 is 2.06 bits per heavy atom. The third kappa shape index (κ3) is 2.87. The SMILES string of the molecule is O=C(c1ccc(Br)cc1)N1CCCCC1CO. The Labute approximate surface area is 110 Å². The highest BCUT2D eigenvalue weighted by atomic mass is 79.9. The van der Waals surface area contributed by atoms with Crippen molar-refractivity contribution >= 4 is 21.8 Å². The average Bonchev–Trinajstić information content (AvgIpc) is 2.39. The summed E-state index contributed by atoms with van der Waals surface area (Å²) in [4.78, 5) is 14.1. The average molecular weight is 298 g/mol. The van der Waals surface area contributed by atoms with Gasteiger partial charge in [-0.05, 0) is 43.5 Å². The van der Waals surface area contributed by atoms with Gasteiger partial charge in [-0.3, -0.25) is 4.79 Å². The van der Waals surface area contributed by atoms with E-state index in [1.807, 2.05) is 24.3 Å². The van der Waals surface area contributed by atoms with E-state index < -0.39 is 0 Å². The fourth-order valence-electron chi connectivity index (χ4n) is 2.22. The van der Waals surface area contributed by atoms with Gasteiger partial charge in [0.05, 0.1) is 12.6 Å². The highest BCUT2D eigenvalue weighted by Crippen LogP contribution is 2.20. The summed E-state index contributed by atoms with van der Waals surface area (Å²) in [5.41, 5.74) is 0.688. The second-order valence-corrected chi connectivity index (χ2v) is 5.25. The molecule has 0 spiro atoms. The zero-order valence-electron chi connectivity index (χ0n) is 9.60. The van der Waals surface area contributed by atoms with Gasteiger partial charge in [-0.1, -0.05) is 15.9 Å². The normalized spacial score (nSPS) is 20.4. The minimum atomic E-state index is -0.0140. The summed E-state index contributed by atoms with van der Waals surface area (Å²) in [5.74, 6) is 0.0243. The van der Waals surface area contributed by atoms with Gasteiger partial charge in [-0.2, -0.15) is 0 Å². The molecule has 1 atom stereocenters. The summed E-state index contributed by atoms with van der Waals surface area (Å²) in [5, 5.41) is 9.30. The third-order valence-corrected chi connectivity index (χ3v) is 3.72. The van der Waals surface area contributed by atoms with Crippen LogP contribution in [0.15, 0.2) is 28.7 Å². The summed E-state index contributed by atoms with van der Waals surface area (Å²) < 4.78 is 0.964. The van der Waals surface area contributed by atoms with Crippen molar-refractivity contribution in [2.45, 2.75) is 25.3 Å². The minimum Gasteiger partial charge on any atom is -0.394 e. The summed E-state index contributed by atoms with van der Waals surface area (Å²) in [6.07, 6.45) is 3.02. The van der Waals surface area contributed by atoms with Gasteiger partial charge in [0.25, 0.3) is 5.91 Å². The van der Waals surface area contributed by atoms with Gasteiger partial charge in [-0.15, -0.1) is 0 Å². The van der Waals surface area contributed by atoms with Crippen LogP contribution in [0.25, 0.3) is 0 Å². The molecule has 92 valence electrons. The van der Waals surface area contributed by atoms with Crippen molar-refractivity contribution in [1.29, 1.82) is 0 Å². The van der Waals surface area contributed by atoms with E-state index in [2.05, 4.69) is 15.9 Å². The van der Waals surface area contributed by atoms with E-state index in [0.717, 1.165) is 30.3 Å². The van der Waals surface area contributed by atoms with Crippen molar-refractivity contribution in [2.24, 2.45) is 0 Å². The fourth-order valence-corrected chi connectivity index (χ4v) is 2.48. The number of carbonyl (C=O) groups is 1. The molecule has 1 aliphatic heterocycles. The van der Waals surface area contributed by atoms with E-state index in [1.165, 1.54) is 0 Å². The van der Waals surface area contributed by atoms with E-state index in [-0.39, 0.29) is 18.6 Å². The van der Waals surface area contributed by atoms with Crippen LogP contribution in [0.2, 0.25) is 0 Å². The third-order valence-electron chi connectivity index (χ3n) is 3.19. The van der Waals surface area contributed by atoms with Crippen LogP contribution in [0.5, 0.6) is 0 Å². The van der Waals surface area contributed by atoms with Crippen LogP contribution < -0.4 is 0 Å². The van der Waals surface area contributed by atoms with Crippen molar-refractivity contribution in [2.75, 3.05) is 13.2 Å². The predicted molar refractivity (Wildman–Crippen MR) is 69.9 cm³/mol. The van der Waals surface area contributed by atoms with E-state index >= 15 is 0 Å². The molecular weight excluding hydrogens is 282 g/mol. The number of piperidine rings is 1. The molecule has 1 heterocycles. The van der Waals surface area contributed by atoms with E-state index in [9.17, 15) is 9.90 Å². The van der Waals surface area contributed by atoms with Gasteiger partial charge < -0.3 is 10.0 Å². The first-order chi connectivity index (χ1) is 8.22. The van der Waals surface area contributed by atoms with Crippen LogP contribution in [0, 0.1) is 0 Å². The lowest BCUT2D eigenvalue weighted by Crippen LogP contribution is -2.45. The molecule has 0 saturated carbocycles. The lowest BCUT2D eigenvalue weighted by atomic mass is 10.0. The molecule has 1 saturated heterocycles. The summed E-state index contributed by atoms with van der Waals surface area (Å²) >= 11 is 3.35. The highest BCUT2D eigenvalue weighted by Gasteiger charge is 2.26. The van der Waals surface area contributed by atoms with Crippen LogP contribution in [0.3, 0.4) is 0 Å².